The number of hydrogen-bond acceptors (Lipinski definition) is 4. The van der Waals surface area contributed by atoms with Crippen LogP contribution in [0.25, 0.3) is 0 Å². The lowest BCUT2D eigenvalue weighted by molar-refractivity contribution is -0.384. The Kier molecular flexibility index (Phi) is 5.01. The molecule has 7 heteroatoms. The number of nitro benzene ring substituents is 1. The molecular weight excluding hydrogens is 315 g/mol. The minimum atomic E-state index is -0.504. The first-order chi connectivity index (χ1) is 10.0. The van der Waals surface area contributed by atoms with Crippen molar-refractivity contribution in [1.29, 1.82) is 0 Å². The Morgan fingerprint density at radius 2 is 1.95 bits per heavy atom. The lowest BCUT2D eigenvalue weighted by atomic mass is 10.2. The molecule has 110 valence electrons. The summed E-state index contributed by atoms with van der Waals surface area (Å²) < 4.78 is 5.70. The molecule has 2 aromatic rings. The van der Waals surface area contributed by atoms with Crippen LogP contribution in [0, 0.1) is 10.1 Å². The molecule has 0 bridgehead atoms. The van der Waals surface area contributed by atoms with Gasteiger partial charge in [0.25, 0.3) is 5.69 Å². The van der Waals surface area contributed by atoms with Gasteiger partial charge in [-0.25, -0.2) is 0 Å². The van der Waals surface area contributed by atoms with Crippen LogP contribution >= 0.6 is 23.2 Å². The zero-order valence-corrected chi connectivity index (χ0v) is 12.6. The van der Waals surface area contributed by atoms with Crippen molar-refractivity contribution in [2.75, 3.05) is 7.05 Å². The van der Waals surface area contributed by atoms with Gasteiger partial charge in [0, 0.05) is 23.2 Å². The zero-order chi connectivity index (χ0) is 15.4. The second-order valence-corrected chi connectivity index (χ2v) is 5.10. The second kappa shape index (κ2) is 6.76. The summed E-state index contributed by atoms with van der Waals surface area (Å²) in [5.74, 6) is 0.713. The fraction of sp³-hybridized carbons (Fsp3) is 0.143. The maximum absolute atomic E-state index is 10.8. The van der Waals surface area contributed by atoms with Gasteiger partial charge in [-0.1, -0.05) is 29.3 Å². The third-order valence-corrected chi connectivity index (χ3v) is 3.29. The predicted octanol–water partition coefficient (Wildman–Crippen LogP) is 4.41. The van der Waals surface area contributed by atoms with E-state index in [0.717, 1.165) is 5.56 Å². The van der Waals surface area contributed by atoms with Crippen molar-refractivity contribution in [2.24, 2.45) is 0 Å². The third kappa shape index (κ3) is 3.85. The summed E-state index contributed by atoms with van der Waals surface area (Å²) in [5.41, 5.74) is 0.774. The van der Waals surface area contributed by atoms with E-state index in [9.17, 15) is 10.1 Å². The summed E-state index contributed by atoms with van der Waals surface area (Å²) in [6.45, 7) is 0.569. The largest absolute Gasteiger partial charge is 0.455 e. The van der Waals surface area contributed by atoms with Crippen LogP contribution in [0.15, 0.2) is 36.4 Å². The van der Waals surface area contributed by atoms with E-state index in [1.54, 1.807) is 19.2 Å². The number of nitrogens with one attached hydrogen (secondary N) is 1. The summed E-state index contributed by atoms with van der Waals surface area (Å²) in [7, 11) is 1.80. The molecule has 2 aromatic carbocycles. The van der Waals surface area contributed by atoms with Gasteiger partial charge in [-0.2, -0.15) is 0 Å². The Labute approximate surface area is 131 Å². The number of halogens is 2. The molecule has 0 saturated carbocycles. The predicted molar refractivity (Wildman–Crippen MR) is 82.4 cm³/mol. The molecule has 0 aliphatic carbocycles. The number of rotatable bonds is 5. The maximum Gasteiger partial charge on any atom is 0.273 e. The Balaban J connectivity index is 2.39. The molecular formula is C14H12Cl2N2O3. The van der Waals surface area contributed by atoms with Gasteiger partial charge >= 0.3 is 0 Å². The average Bonchev–Trinajstić information content (AvgIpc) is 2.44. The topological polar surface area (TPSA) is 64.4 Å². The quantitative estimate of drug-likeness (QED) is 0.652. The number of ether oxygens (including phenoxy) is 1. The van der Waals surface area contributed by atoms with Gasteiger partial charge in [-0.05, 0) is 25.2 Å². The van der Waals surface area contributed by atoms with Crippen LogP contribution in [0.1, 0.15) is 5.56 Å². The highest BCUT2D eigenvalue weighted by Crippen LogP contribution is 2.35. The van der Waals surface area contributed by atoms with Crippen molar-refractivity contribution in [1.82, 2.24) is 5.32 Å². The number of non-ortho nitro benzene ring substituents is 1. The minimum Gasteiger partial charge on any atom is -0.455 e. The molecule has 0 spiro atoms. The molecule has 0 aliphatic rings. The van der Waals surface area contributed by atoms with Crippen molar-refractivity contribution >= 4 is 28.9 Å². The minimum absolute atomic E-state index is 0.0911. The fourth-order valence-corrected chi connectivity index (χ4v) is 2.08. The Morgan fingerprint density at radius 3 is 2.62 bits per heavy atom. The Morgan fingerprint density at radius 1 is 1.19 bits per heavy atom. The molecule has 0 aliphatic heterocycles. The molecule has 0 fully saturated rings. The van der Waals surface area contributed by atoms with E-state index < -0.39 is 4.92 Å². The van der Waals surface area contributed by atoms with E-state index in [4.69, 9.17) is 27.9 Å². The summed E-state index contributed by atoms with van der Waals surface area (Å²) in [6.07, 6.45) is 0. The number of hydrogen-bond donors (Lipinski definition) is 1. The van der Waals surface area contributed by atoms with Crippen LogP contribution < -0.4 is 10.1 Å². The van der Waals surface area contributed by atoms with E-state index in [-0.39, 0.29) is 16.5 Å². The molecule has 0 radical (unpaired) electrons. The van der Waals surface area contributed by atoms with E-state index in [2.05, 4.69) is 5.32 Å². The van der Waals surface area contributed by atoms with Crippen molar-refractivity contribution in [3.63, 3.8) is 0 Å². The molecule has 0 amide bonds. The molecule has 21 heavy (non-hydrogen) atoms. The van der Waals surface area contributed by atoms with Crippen LogP contribution in [-0.2, 0) is 6.54 Å². The van der Waals surface area contributed by atoms with Crippen molar-refractivity contribution in [2.45, 2.75) is 6.54 Å². The zero-order valence-electron chi connectivity index (χ0n) is 11.1. The molecule has 0 saturated heterocycles. The Hall–Kier alpha value is -1.82. The molecule has 5 nitrogen and oxygen atoms in total. The standard InChI is InChI=1S/C14H12Cl2N2O3/c1-17-8-9-2-3-10(15)6-13(9)21-14-7-11(18(19)20)4-5-12(14)16/h2-7,17H,8H2,1H3. The van der Waals surface area contributed by atoms with E-state index in [0.29, 0.717) is 17.3 Å². The second-order valence-electron chi connectivity index (χ2n) is 4.26. The van der Waals surface area contributed by atoms with E-state index in [1.165, 1.54) is 18.2 Å². The molecule has 2 rings (SSSR count). The molecule has 1 N–H and O–H groups in total. The first-order valence-corrected chi connectivity index (χ1v) is 6.81. The lowest BCUT2D eigenvalue weighted by Gasteiger charge is -2.12. The lowest BCUT2D eigenvalue weighted by Crippen LogP contribution is -2.06. The van der Waals surface area contributed by atoms with Gasteiger partial charge in [0.2, 0.25) is 0 Å². The first-order valence-electron chi connectivity index (χ1n) is 6.06. The highest BCUT2D eigenvalue weighted by atomic mass is 35.5. The van der Waals surface area contributed by atoms with Crippen LogP contribution in [0.3, 0.4) is 0 Å². The summed E-state index contributed by atoms with van der Waals surface area (Å²) in [4.78, 5) is 10.3. The van der Waals surface area contributed by atoms with Gasteiger partial charge in [0.1, 0.15) is 5.75 Å². The molecule has 0 aromatic heterocycles. The van der Waals surface area contributed by atoms with Crippen LogP contribution in [0.2, 0.25) is 10.0 Å². The average molecular weight is 327 g/mol. The van der Waals surface area contributed by atoms with Gasteiger partial charge in [-0.3, -0.25) is 10.1 Å². The first kappa shape index (κ1) is 15.6. The van der Waals surface area contributed by atoms with Crippen LogP contribution in [0.5, 0.6) is 11.5 Å². The van der Waals surface area contributed by atoms with Crippen molar-refractivity contribution < 1.29 is 9.66 Å². The van der Waals surface area contributed by atoms with Gasteiger partial charge in [0.05, 0.1) is 16.0 Å². The summed E-state index contributed by atoms with van der Waals surface area (Å²) >= 11 is 12.0. The monoisotopic (exact) mass is 326 g/mol. The SMILES string of the molecule is CNCc1ccc(Cl)cc1Oc1cc([N+](=O)[O-])ccc1Cl. The van der Waals surface area contributed by atoms with E-state index >= 15 is 0 Å². The van der Waals surface area contributed by atoms with Crippen LogP contribution in [-0.4, -0.2) is 12.0 Å². The fourth-order valence-electron chi connectivity index (χ4n) is 1.76. The summed E-state index contributed by atoms with van der Waals surface area (Å²) in [6, 6.07) is 9.24. The molecule has 0 atom stereocenters. The highest BCUT2D eigenvalue weighted by Gasteiger charge is 2.13. The number of benzene rings is 2. The van der Waals surface area contributed by atoms with Crippen LogP contribution in [0.4, 0.5) is 5.69 Å². The highest BCUT2D eigenvalue weighted by molar-refractivity contribution is 6.32. The number of nitro groups is 1. The maximum atomic E-state index is 10.8. The normalized spacial score (nSPS) is 10.4. The third-order valence-electron chi connectivity index (χ3n) is 2.74. The van der Waals surface area contributed by atoms with E-state index in [1.807, 2.05) is 6.07 Å². The van der Waals surface area contributed by atoms with Gasteiger partial charge in [0.15, 0.2) is 5.75 Å². The van der Waals surface area contributed by atoms with Crippen molar-refractivity contribution in [3.8, 4) is 11.5 Å². The molecule has 0 unspecified atom stereocenters. The van der Waals surface area contributed by atoms with Gasteiger partial charge < -0.3 is 10.1 Å². The van der Waals surface area contributed by atoms with Gasteiger partial charge in [-0.15, -0.1) is 0 Å². The smallest absolute Gasteiger partial charge is 0.273 e. The molecule has 0 heterocycles. The Bertz CT molecular complexity index is 677. The number of nitrogens with zero attached hydrogens (tertiary/aromatic N) is 1. The summed E-state index contributed by atoms with van der Waals surface area (Å²) in [5, 5.41) is 14.6. The van der Waals surface area contributed by atoms with Crippen molar-refractivity contribution in [3.05, 3.63) is 62.1 Å².